The molecule has 0 bridgehead atoms. The second kappa shape index (κ2) is 3.91. The molecule has 1 aliphatic carbocycles. The molecule has 1 heterocycles. The minimum atomic E-state index is 0.165. The van der Waals surface area contributed by atoms with E-state index in [2.05, 4.69) is 36.3 Å². The lowest BCUT2D eigenvalue weighted by Crippen LogP contribution is -2.19. The Balaban J connectivity index is 1.91. The van der Waals surface area contributed by atoms with Crippen molar-refractivity contribution in [1.82, 2.24) is 9.78 Å². The highest BCUT2D eigenvalue weighted by molar-refractivity contribution is 5.25. The molecule has 0 spiro atoms. The Morgan fingerprint density at radius 3 is 2.71 bits per heavy atom. The van der Waals surface area contributed by atoms with E-state index in [1.165, 1.54) is 5.56 Å². The zero-order valence-electron chi connectivity index (χ0n) is 9.99. The molecule has 3 rings (SSSR count). The van der Waals surface area contributed by atoms with Crippen LogP contribution in [0.3, 0.4) is 0 Å². The van der Waals surface area contributed by atoms with Crippen LogP contribution in [0.15, 0.2) is 29.1 Å². The number of aromatic amines is 1. The molecule has 3 heteroatoms. The van der Waals surface area contributed by atoms with Gasteiger partial charge in [0.05, 0.1) is 6.54 Å². The van der Waals surface area contributed by atoms with Crippen molar-refractivity contribution < 1.29 is 0 Å². The number of H-pyrrole nitrogens is 1. The monoisotopic (exact) mass is 228 g/mol. The fourth-order valence-electron chi connectivity index (χ4n) is 2.47. The van der Waals surface area contributed by atoms with Crippen molar-refractivity contribution in [2.45, 2.75) is 32.7 Å². The molecule has 0 saturated carbocycles. The molecule has 0 fully saturated rings. The zero-order chi connectivity index (χ0) is 11.8. The number of nitrogens with one attached hydrogen (secondary N) is 1. The van der Waals surface area contributed by atoms with Crippen LogP contribution in [0.25, 0.3) is 0 Å². The van der Waals surface area contributed by atoms with Crippen molar-refractivity contribution >= 4 is 0 Å². The van der Waals surface area contributed by atoms with Crippen LogP contribution in [-0.4, -0.2) is 9.78 Å². The third-order valence-electron chi connectivity index (χ3n) is 3.45. The first kappa shape index (κ1) is 10.4. The van der Waals surface area contributed by atoms with E-state index < -0.39 is 0 Å². The van der Waals surface area contributed by atoms with E-state index in [-0.39, 0.29) is 5.56 Å². The first-order valence-corrected chi connectivity index (χ1v) is 6.10. The Morgan fingerprint density at radius 2 is 2.00 bits per heavy atom. The summed E-state index contributed by atoms with van der Waals surface area (Å²) in [6.45, 7) is 2.71. The molecule has 1 aromatic heterocycles. The molecule has 3 nitrogen and oxygen atoms in total. The van der Waals surface area contributed by atoms with Crippen LogP contribution >= 0.6 is 0 Å². The topological polar surface area (TPSA) is 37.8 Å². The molecule has 0 aliphatic heterocycles. The lowest BCUT2D eigenvalue weighted by Gasteiger charge is -2.03. The average Bonchev–Trinajstić information content (AvgIpc) is 2.87. The molecule has 17 heavy (non-hydrogen) atoms. The van der Waals surface area contributed by atoms with Crippen molar-refractivity contribution in [1.29, 1.82) is 0 Å². The zero-order valence-corrected chi connectivity index (χ0v) is 9.99. The summed E-state index contributed by atoms with van der Waals surface area (Å²) in [6, 6.07) is 8.31. The minimum absolute atomic E-state index is 0.165. The number of hydrogen-bond donors (Lipinski definition) is 1. The smallest absolute Gasteiger partial charge is 0.270 e. The number of fused-ring (bicyclic) bond motifs is 1. The summed E-state index contributed by atoms with van der Waals surface area (Å²) in [5, 5.41) is 3.23. The Kier molecular flexibility index (Phi) is 2.39. The van der Waals surface area contributed by atoms with Crippen LogP contribution in [-0.2, 0) is 19.4 Å². The standard InChI is InChI=1S/C14H16N2O/c1-10-5-7-11(8-6-10)9-16-14(17)12-3-2-4-13(12)15-16/h5-8,15H,2-4,9H2,1H3. The highest BCUT2D eigenvalue weighted by Gasteiger charge is 2.18. The second-order valence-electron chi connectivity index (χ2n) is 4.80. The summed E-state index contributed by atoms with van der Waals surface area (Å²) < 4.78 is 1.73. The van der Waals surface area contributed by atoms with Gasteiger partial charge in [0.2, 0.25) is 0 Å². The number of aromatic nitrogens is 2. The number of benzene rings is 1. The normalized spacial score (nSPS) is 13.9. The van der Waals surface area contributed by atoms with E-state index in [0.29, 0.717) is 6.54 Å². The van der Waals surface area contributed by atoms with Gasteiger partial charge in [0, 0.05) is 11.3 Å². The number of nitrogens with zero attached hydrogens (tertiary/aromatic N) is 1. The van der Waals surface area contributed by atoms with Gasteiger partial charge < -0.3 is 0 Å². The SMILES string of the molecule is Cc1ccc(Cn2[nH]c3c(c2=O)CCC3)cc1. The summed E-state index contributed by atoms with van der Waals surface area (Å²) in [5.41, 5.74) is 4.71. The van der Waals surface area contributed by atoms with Crippen LogP contribution < -0.4 is 5.56 Å². The molecule has 0 amide bonds. The molecule has 1 N–H and O–H groups in total. The average molecular weight is 228 g/mol. The minimum Gasteiger partial charge on any atom is -0.299 e. The molecule has 0 radical (unpaired) electrons. The Hall–Kier alpha value is -1.77. The van der Waals surface area contributed by atoms with Gasteiger partial charge in [0.1, 0.15) is 0 Å². The van der Waals surface area contributed by atoms with E-state index in [1.807, 2.05) is 0 Å². The summed E-state index contributed by atoms with van der Waals surface area (Å²) in [4.78, 5) is 12.1. The van der Waals surface area contributed by atoms with Crippen molar-refractivity contribution in [2.75, 3.05) is 0 Å². The van der Waals surface area contributed by atoms with E-state index in [4.69, 9.17) is 0 Å². The van der Waals surface area contributed by atoms with Crippen LogP contribution in [0, 0.1) is 6.92 Å². The number of hydrogen-bond acceptors (Lipinski definition) is 1. The molecule has 1 aliphatic rings. The van der Waals surface area contributed by atoms with Crippen molar-refractivity contribution in [3.05, 3.63) is 57.0 Å². The molecular weight excluding hydrogens is 212 g/mol. The van der Waals surface area contributed by atoms with Gasteiger partial charge >= 0.3 is 0 Å². The van der Waals surface area contributed by atoms with Gasteiger partial charge in [-0.25, -0.2) is 4.68 Å². The summed E-state index contributed by atoms with van der Waals surface area (Å²) in [7, 11) is 0. The van der Waals surface area contributed by atoms with E-state index in [1.54, 1.807) is 4.68 Å². The molecule has 88 valence electrons. The molecule has 2 aromatic rings. The van der Waals surface area contributed by atoms with Gasteiger partial charge in [0.15, 0.2) is 0 Å². The van der Waals surface area contributed by atoms with Gasteiger partial charge in [0.25, 0.3) is 5.56 Å². The maximum atomic E-state index is 12.1. The lowest BCUT2D eigenvalue weighted by atomic mass is 10.1. The van der Waals surface area contributed by atoms with E-state index >= 15 is 0 Å². The Labute approximate surface area is 100 Å². The molecule has 0 unspecified atom stereocenters. The molecule has 0 atom stereocenters. The fourth-order valence-corrected chi connectivity index (χ4v) is 2.47. The Morgan fingerprint density at radius 1 is 1.24 bits per heavy atom. The molecule has 1 aromatic carbocycles. The summed E-state index contributed by atoms with van der Waals surface area (Å²) in [6.07, 6.45) is 3.07. The largest absolute Gasteiger partial charge is 0.299 e. The van der Waals surface area contributed by atoms with Gasteiger partial charge in [-0.2, -0.15) is 0 Å². The first-order chi connectivity index (χ1) is 8.24. The van der Waals surface area contributed by atoms with E-state index in [9.17, 15) is 4.79 Å². The highest BCUT2D eigenvalue weighted by atomic mass is 16.1. The van der Waals surface area contributed by atoms with Crippen molar-refractivity contribution in [2.24, 2.45) is 0 Å². The predicted octanol–water partition coefficient (Wildman–Crippen LogP) is 2.02. The van der Waals surface area contributed by atoms with Crippen LogP contribution in [0.5, 0.6) is 0 Å². The van der Waals surface area contributed by atoms with Gasteiger partial charge in [-0.05, 0) is 31.7 Å². The van der Waals surface area contributed by atoms with Crippen LogP contribution in [0.2, 0.25) is 0 Å². The third kappa shape index (κ3) is 1.82. The summed E-state index contributed by atoms with van der Waals surface area (Å²) >= 11 is 0. The van der Waals surface area contributed by atoms with Gasteiger partial charge in [-0.3, -0.25) is 9.89 Å². The lowest BCUT2D eigenvalue weighted by molar-refractivity contribution is 0.641. The van der Waals surface area contributed by atoms with Crippen molar-refractivity contribution in [3.63, 3.8) is 0 Å². The second-order valence-corrected chi connectivity index (χ2v) is 4.80. The maximum absolute atomic E-state index is 12.1. The van der Waals surface area contributed by atoms with Crippen LogP contribution in [0.4, 0.5) is 0 Å². The third-order valence-corrected chi connectivity index (χ3v) is 3.45. The van der Waals surface area contributed by atoms with Gasteiger partial charge in [-0.15, -0.1) is 0 Å². The molecule has 0 saturated heterocycles. The maximum Gasteiger partial charge on any atom is 0.270 e. The van der Waals surface area contributed by atoms with Crippen LogP contribution in [0.1, 0.15) is 28.8 Å². The van der Waals surface area contributed by atoms with E-state index in [0.717, 1.165) is 36.1 Å². The number of aryl methyl sites for hydroxylation is 2. The Bertz CT molecular complexity index is 590. The summed E-state index contributed by atoms with van der Waals surface area (Å²) in [5.74, 6) is 0. The number of rotatable bonds is 2. The molecular formula is C14H16N2O. The highest BCUT2D eigenvalue weighted by Crippen LogP contribution is 2.16. The quantitative estimate of drug-likeness (QED) is 0.839. The first-order valence-electron chi connectivity index (χ1n) is 6.10. The van der Waals surface area contributed by atoms with Gasteiger partial charge in [-0.1, -0.05) is 29.8 Å². The predicted molar refractivity (Wildman–Crippen MR) is 67.4 cm³/mol. The fraction of sp³-hybridized carbons (Fsp3) is 0.357. The van der Waals surface area contributed by atoms with Crippen molar-refractivity contribution in [3.8, 4) is 0 Å².